The second-order valence-electron chi connectivity index (χ2n) is 6.86. The van der Waals surface area contributed by atoms with Gasteiger partial charge in [-0.25, -0.2) is 4.39 Å². The predicted octanol–water partition coefficient (Wildman–Crippen LogP) is 2.74. The van der Waals surface area contributed by atoms with E-state index in [1.807, 2.05) is 21.6 Å². The maximum atomic E-state index is 13.4. The maximum absolute atomic E-state index is 13.4. The third-order valence-corrected chi connectivity index (χ3v) is 6.83. The number of hydrogen-bond acceptors (Lipinski definition) is 3. The molecule has 0 unspecified atom stereocenters. The Bertz CT molecular complexity index is 669. The van der Waals surface area contributed by atoms with Crippen LogP contribution in [0, 0.1) is 11.7 Å². The number of benzene rings is 1. The van der Waals surface area contributed by atoms with Gasteiger partial charge in [0.2, 0.25) is 5.91 Å². The van der Waals surface area contributed by atoms with Crippen molar-refractivity contribution in [1.82, 2.24) is 9.80 Å². The smallest absolute Gasteiger partial charge is 0.255 e. The number of thioether (sulfide) groups is 1. The summed E-state index contributed by atoms with van der Waals surface area (Å²) in [5, 5.41) is 0. The average molecular weight is 348 g/mol. The van der Waals surface area contributed by atoms with Crippen LogP contribution in [0.1, 0.15) is 36.0 Å². The second-order valence-corrected chi connectivity index (χ2v) is 8.32. The molecule has 0 bridgehead atoms. The van der Waals surface area contributed by atoms with E-state index in [1.54, 1.807) is 12.1 Å². The molecular weight excluding hydrogens is 327 g/mol. The van der Waals surface area contributed by atoms with Crippen molar-refractivity contribution in [2.45, 2.75) is 30.6 Å². The normalized spacial score (nSPS) is 22.9. The lowest BCUT2D eigenvalue weighted by Crippen LogP contribution is -2.53. The van der Waals surface area contributed by atoms with E-state index in [4.69, 9.17) is 0 Å². The summed E-state index contributed by atoms with van der Waals surface area (Å²) < 4.78 is 13.4. The van der Waals surface area contributed by atoms with E-state index in [-0.39, 0.29) is 28.4 Å². The fourth-order valence-electron chi connectivity index (χ4n) is 3.75. The molecule has 2 aliphatic heterocycles. The van der Waals surface area contributed by atoms with Gasteiger partial charge in [0.05, 0.1) is 4.87 Å². The van der Waals surface area contributed by atoms with Gasteiger partial charge in [0.1, 0.15) is 5.82 Å². The zero-order chi connectivity index (χ0) is 16.7. The molecule has 3 aliphatic rings. The van der Waals surface area contributed by atoms with Crippen molar-refractivity contribution in [3.8, 4) is 0 Å². The first-order chi connectivity index (χ1) is 11.6. The SMILES string of the molecule is O=C(C1CC1)N1CCC2(CC1)SCCN2C(=O)c1cccc(F)c1. The third kappa shape index (κ3) is 2.81. The average Bonchev–Trinajstić information content (AvgIpc) is 3.37. The zero-order valence-electron chi connectivity index (χ0n) is 13.5. The molecule has 0 radical (unpaired) electrons. The summed E-state index contributed by atoms with van der Waals surface area (Å²) >= 11 is 1.81. The topological polar surface area (TPSA) is 40.6 Å². The van der Waals surface area contributed by atoms with Gasteiger partial charge in [0, 0.05) is 36.9 Å². The van der Waals surface area contributed by atoms with E-state index >= 15 is 0 Å². The van der Waals surface area contributed by atoms with Crippen molar-refractivity contribution in [2.24, 2.45) is 5.92 Å². The van der Waals surface area contributed by atoms with Crippen LogP contribution in [0.3, 0.4) is 0 Å². The van der Waals surface area contributed by atoms with Crippen LogP contribution < -0.4 is 0 Å². The predicted molar refractivity (Wildman–Crippen MR) is 91.2 cm³/mol. The highest BCUT2D eigenvalue weighted by Crippen LogP contribution is 2.45. The largest absolute Gasteiger partial charge is 0.342 e. The number of nitrogens with zero attached hydrogens (tertiary/aromatic N) is 2. The Kier molecular flexibility index (Phi) is 4.03. The molecule has 1 saturated carbocycles. The van der Waals surface area contributed by atoms with E-state index < -0.39 is 0 Å². The molecule has 0 aromatic heterocycles. The Hall–Kier alpha value is -1.56. The van der Waals surface area contributed by atoms with Crippen molar-refractivity contribution >= 4 is 23.6 Å². The van der Waals surface area contributed by atoms with Gasteiger partial charge in [-0.15, -0.1) is 11.8 Å². The molecule has 2 saturated heterocycles. The van der Waals surface area contributed by atoms with Gasteiger partial charge in [-0.1, -0.05) is 6.07 Å². The summed E-state index contributed by atoms with van der Waals surface area (Å²) in [4.78, 5) is 28.7. The van der Waals surface area contributed by atoms with Gasteiger partial charge in [-0.3, -0.25) is 9.59 Å². The number of halogens is 1. The molecule has 1 aliphatic carbocycles. The van der Waals surface area contributed by atoms with Gasteiger partial charge in [-0.2, -0.15) is 0 Å². The molecule has 2 heterocycles. The van der Waals surface area contributed by atoms with Crippen LogP contribution in [-0.4, -0.2) is 51.9 Å². The van der Waals surface area contributed by atoms with Gasteiger partial charge in [-0.05, 0) is 43.9 Å². The molecule has 4 nitrogen and oxygen atoms in total. The van der Waals surface area contributed by atoms with Crippen molar-refractivity contribution in [3.05, 3.63) is 35.6 Å². The molecule has 3 fully saturated rings. The Labute approximate surface area is 145 Å². The first-order valence-electron chi connectivity index (χ1n) is 8.59. The lowest BCUT2D eigenvalue weighted by atomic mass is 10.0. The molecule has 128 valence electrons. The number of piperidine rings is 1. The Morgan fingerprint density at radius 2 is 1.92 bits per heavy atom. The van der Waals surface area contributed by atoms with Crippen LogP contribution in [-0.2, 0) is 4.79 Å². The molecule has 1 spiro atoms. The number of carbonyl (C=O) groups excluding carboxylic acids is 2. The molecule has 1 aromatic carbocycles. The van der Waals surface area contributed by atoms with Gasteiger partial charge in [0.15, 0.2) is 0 Å². The van der Waals surface area contributed by atoms with Crippen LogP contribution >= 0.6 is 11.8 Å². The second kappa shape index (κ2) is 6.06. The standard InChI is InChI=1S/C18H21FN2O2S/c19-15-3-1-2-14(12-15)17(23)21-10-11-24-18(21)6-8-20(9-7-18)16(22)13-4-5-13/h1-3,12-13H,4-11H2. The van der Waals surface area contributed by atoms with E-state index in [1.165, 1.54) is 12.1 Å². The van der Waals surface area contributed by atoms with Gasteiger partial charge in [0.25, 0.3) is 5.91 Å². The highest BCUT2D eigenvalue weighted by atomic mass is 32.2. The maximum Gasteiger partial charge on any atom is 0.255 e. The Morgan fingerprint density at radius 3 is 2.58 bits per heavy atom. The molecule has 4 rings (SSSR count). The minimum Gasteiger partial charge on any atom is -0.342 e. The molecule has 1 aromatic rings. The summed E-state index contributed by atoms with van der Waals surface area (Å²) in [5.41, 5.74) is 0.411. The number of hydrogen-bond donors (Lipinski definition) is 0. The molecular formula is C18H21FN2O2S. The van der Waals surface area contributed by atoms with Crippen LogP contribution in [0.4, 0.5) is 4.39 Å². The first-order valence-corrected chi connectivity index (χ1v) is 9.58. The molecule has 0 N–H and O–H groups in total. The van der Waals surface area contributed by atoms with E-state index in [2.05, 4.69) is 0 Å². The lowest BCUT2D eigenvalue weighted by molar-refractivity contribution is -0.134. The molecule has 0 atom stereocenters. The van der Waals surface area contributed by atoms with Gasteiger partial charge >= 0.3 is 0 Å². The highest BCUT2D eigenvalue weighted by molar-refractivity contribution is 8.00. The van der Waals surface area contributed by atoms with Crippen LogP contribution in [0.25, 0.3) is 0 Å². The number of carbonyl (C=O) groups is 2. The van der Waals surface area contributed by atoms with Crippen LogP contribution in [0.5, 0.6) is 0 Å². The summed E-state index contributed by atoms with van der Waals surface area (Å²) in [6.45, 7) is 2.13. The Balaban J connectivity index is 1.48. The summed E-state index contributed by atoms with van der Waals surface area (Å²) in [5.74, 6) is 0.960. The monoisotopic (exact) mass is 348 g/mol. The third-order valence-electron chi connectivity index (χ3n) is 5.28. The Morgan fingerprint density at radius 1 is 1.17 bits per heavy atom. The molecule has 24 heavy (non-hydrogen) atoms. The quantitative estimate of drug-likeness (QED) is 0.825. The summed E-state index contributed by atoms with van der Waals surface area (Å²) in [6.07, 6.45) is 3.66. The lowest BCUT2D eigenvalue weighted by Gasteiger charge is -2.44. The van der Waals surface area contributed by atoms with Gasteiger partial charge < -0.3 is 9.80 Å². The zero-order valence-corrected chi connectivity index (χ0v) is 14.4. The molecule has 2 amide bonds. The van der Waals surface area contributed by atoms with Crippen molar-refractivity contribution in [1.29, 1.82) is 0 Å². The minimum atomic E-state index is -0.383. The fraction of sp³-hybridized carbons (Fsp3) is 0.556. The first kappa shape index (κ1) is 15.9. The fourth-order valence-corrected chi connectivity index (χ4v) is 5.21. The number of rotatable bonds is 2. The van der Waals surface area contributed by atoms with Crippen molar-refractivity contribution < 1.29 is 14.0 Å². The van der Waals surface area contributed by atoms with E-state index in [0.717, 1.165) is 44.5 Å². The number of likely N-dealkylation sites (tertiary alicyclic amines) is 1. The van der Waals surface area contributed by atoms with Crippen LogP contribution in [0.15, 0.2) is 24.3 Å². The van der Waals surface area contributed by atoms with Crippen molar-refractivity contribution in [3.63, 3.8) is 0 Å². The van der Waals surface area contributed by atoms with E-state index in [9.17, 15) is 14.0 Å². The summed E-state index contributed by atoms with van der Waals surface area (Å²) in [6, 6.07) is 5.92. The van der Waals surface area contributed by atoms with Crippen LogP contribution in [0.2, 0.25) is 0 Å². The highest BCUT2D eigenvalue weighted by Gasteiger charge is 2.48. The minimum absolute atomic E-state index is 0.0959. The summed E-state index contributed by atoms with van der Waals surface area (Å²) in [7, 11) is 0. The number of amides is 2. The molecule has 6 heteroatoms. The van der Waals surface area contributed by atoms with E-state index in [0.29, 0.717) is 12.1 Å². The van der Waals surface area contributed by atoms with Crippen molar-refractivity contribution in [2.75, 3.05) is 25.4 Å².